The third-order valence-corrected chi connectivity index (χ3v) is 6.24. The SMILES string of the molecule is Cc1ccccc1-n1c(SCC(=O)NC2(C#N)CCCC2)nnc1-c1ccncc1. The zero-order chi connectivity index (χ0) is 21.0. The van der Waals surface area contributed by atoms with Gasteiger partial charge in [-0.2, -0.15) is 5.26 Å². The number of amides is 1. The van der Waals surface area contributed by atoms with Gasteiger partial charge in [-0.3, -0.25) is 14.3 Å². The Hall–Kier alpha value is -3.18. The number of carbonyl (C=O) groups excluding carboxylic acids is 1. The number of thioether (sulfide) groups is 1. The van der Waals surface area contributed by atoms with Gasteiger partial charge in [0.2, 0.25) is 5.91 Å². The van der Waals surface area contributed by atoms with Crippen LogP contribution in [0.15, 0.2) is 53.9 Å². The molecule has 1 aliphatic rings. The van der Waals surface area contributed by atoms with Crippen LogP contribution in [0.1, 0.15) is 31.2 Å². The number of nitriles is 1. The monoisotopic (exact) mass is 418 g/mol. The average Bonchev–Trinajstić information content (AvgIpc) is 3.41. The third kappa shape index (κ3) is 4.07. The fraction of sp³-hybridized carbons (Fsp3) is 0.318. The molecule has 30 heavy (non-hydrogen) atoms. The van der Waals surface area contributed by atoms with Crippen LogP contribution in [0.25, 0.3) is 17.1 Å². The normalized spacial score (nSPS) is 14.9. The van der Waals surface area contributed by atoms with E-state index in [1.54, 1.807) is 12.4 Å². The number of nitrogens with zero attached hydrogens (tertiary/aromatic N) is 5. The molecule has 8 heteroatoms. The van der Waals surface area contributed by atoms with Crippen molar-refractivity contribution >= 4 is 17.7 Å². The van der Waals surface area contributed by atoms with E-state index >= 15 is 0 Å². The molecule has 0 bridgehead atoms. The number of aromatic nitrogens is 4. The first kappa shape index (κ1) is 20.1. The number of rotatable bonds is 6. The summed E-state index contributed by atoms with van der Waals surface area (Å²) in [6.45, 7) is 2.03. The van der Waals surface area contributed by atoms with E-state index in [-0.39, 0.29) is 11.7 Å². The summed E-state index contributed by atoms with van der Waals surface area (Å²) in [4.78, 5) is 16.7. The predicted octanol–water partition coefficient (Wildman–Crippen LogP) is 3.68. The van der Waals surface area contributed by atoms with Crippen LogP contribution < -0.4 is 5.32 Å². The maximum Gasteiger partial charge on any atom is 0.231 e. The molecule has 1 aromatic carbocycles. The van der Waals surface area contributed by atoms with Crippen LogP contribution in [0.5, 0.6) is 0 Å². The van der Waals surface area contributed by atoms with Crippen LogP contribution in [0, 0.1) is 18.3 Å². The number of benzene rings is 1. The molecule has 2 heterocycles. The number of hydrogen-bond acceptors (Lipinski definition) is 6. The largest absolute Gasteiger partial charge is 0.337 e. The summed E-state index contributed by atoms with van der Waals surface area (Å²) in [5.74, 6) is 0.705. The second kappa shape index (κ2) is 8.67. The molecule has 1 aliphatic carbocycles. The summed E-state index contributed by atoms with van der Waals surface area (Å²) in [5, 5.41) is 21.8. The van der Waals surface area contributed by atoms with Gasteiger partial charge in [0.1, 0.15) is 5.54 Å². The first-order valence-electron chi connectivity index (χ1n) is 9.89. The van der Waals surface area contributed by atoms with E-state index < -0.39 is 5.54 Å². The zero-order valence-electron chi connectivity index (χ0n) is 16.7. The molecule has 152 valence electrons. The summed E-state index contributed by atoms with van der Waals surface area (Å²) in [7, 11) is 0. The van der Waals surface area contributed by atoms with Crippen molar-refractivity contribution in [1.29, 1.82) is 5.26 Å². The quantitative estimate of drug-likeness (QED) is 0.614. The van der Waals surface area contributed by atoms with Crippen LogP contribution in [-0.2, 0) is 4.79 Å². The molecular weight excluding hydrogens is 396 g/mol. The Morgan fingerprint density at radius 2 is 1.93 bits per heavy atom. The zero-order valence-corrected chi connectivity index (χ0v) is 17.5. The van der Waals surface area contributed by atoms with Crippen molar-refractivity contribution in [2.45, 2.75) is 43.3 Å². The van der Waals surface area contributed by atoms with E-state index in [4.69, 9.17) is 0 Å². The lowest BCUT2D eigenvalue weighted by atomic mass is 10.0. The number of carbonyl (C=O) groups is 1. The molecule has 0 saturated heterocycles. The van der Waals surface area contributed by atoms with Crippen LogP contribution >= 0.6 is 11.8 Å². The first-order valence-corrected chi connectivity index (χ1v) is 10.9. The molecule has 0 unspecified atom stereocenters. The fourth-order valence-electron chi connectivity index (χ4n) is 3.76. The lowest BCUT2D eigenvalue weighted by Crippen LogP contribution is -2.45. The summed E-state index contributed by atoms with van der Waals surface area (Å²) >= 11 is 1.32. The number of para-hydroxylation sites is 1. The highest BCUT2D eigenvalue weighted by Crippen LogP contribution is 2.31. The molecule has 3 aromatic rings. The maximum atomic E-state index is 12.6. The van der Waals surface area contributed by atoms with Crippen molar-refractivity contribution in [1.82, 2.24) is 25.1 Å². The van der Waals surface area contributed by atoms with Crippen molar-refractivity contribution in [3.63, 3.8) is 0 Å². The van der Waals surface area contributed by atoms with Crippen LogP contribution in [0.3, 0.4) is 0 Å². The summed E-state index contributed by atoms with van der Waals surface area (Å²) in [6, 6.07) is 14.1. The van der Waals surface area contributed by atoms with Crippen LogP contribution in [-0.4, -0.2) is 36.9 Å². The van der Waals surface area contributed by atoms with Crippen molar-refractivity contribution in [2.24, 2.45) is 0 Å². The number of hydrogen-bond donors (Lipinski definition) is 1. The van der Waals surface area contributed by atoms with Gasteiger partial charge < -0.3 is 5.32 Å². The number of pyridine rings is 1. The van der Waals surface area contributed by atoms with Gasteiger partial charge in [0.15, 0.2) is 11.0 Å². The fourth-order valence-corrected chi connectivity index (χ4v) is 4.50. The Balaban J connectivity index is 1.61. The Kier molecular flexibility index (Phi) is 5.81. The molecule has 4 rings (SSSR count). The van der Waals surface area contributed by atoms with Crippen molar-refractivity contribution in [3.05, 3.63) is 54.4 Å². The van der Waals surface area contributed by atoms with Gasteiger partial charge in [0.05, 0.1) is 17.5 Å². The lowest BCUT2D eigenvalue weighted by molar-refractivity contribution is -0.119. The smallest absolute Gasteiger partial charge is 0.231 e. The molecule has 1 N–H and O–H groups in total. The van der Waals surface area contributed by atoms with Gasteiger partial charge in [0.25, 0.3) is 0 Å². The summed E-state index contributed by atoms with van der Waals surface area (Å²) < 4.78 is 1.97. The molecule has 7 nitrogen and oxygen atoms in total. The molecule has 0 atom stereocenters. The van der Waals surface area contributed by atoms with E-state index in [1.807, 2.05) is 47.9 Å². The van der Waals surface area contributed by atoms with E-state index in [0.29, 0.717) is 23.8 Å². The molecule has 2 aromatic heterocycles. The Labute approximate surface area is 179 Å². The third-order valence-electron chi connectivity index (χ3n) is 5.31. The Morgan fingerprint density at radius 1 is 1.20 bits per heavy atom. The minimum atomic E-state index is -0.719. The predicted molar refractivity (Wildman–Crippen MR) is 115 cm³/mol. The van der Waals surface area contributed by atoms with E-state index in [2.05, 4.69) is 26.6 Å². The van der Waals surface area contributed by atoms with Crippen LogP contribution in [0.2, 0.25) is 0 Å². The number of aryl methyl sites for hydroxylation is 1. The van der Waals surface area contributed by atoms with E-state index in [1.165, 1.54) is 11.8 Å². The molecular formula is C22H22N6OS. The minimum absolute atomic E-state index is 0.159. The van der Waals surface area contributed by atoms with Crippen molar-refractivity contribution in [2.75, 3.05) is 5.75 Å². The molecule has 0 radical (unpaired) electrons. The molecule has 1 fully saturated rings. The van der Waals surface area contributed by atoms with E-state index in [9.17, 15) is 10.1 Å². The topological polar surface area (TPSA) is 96.5 Å². The average molecular weight is 419 g/mol. The molecule has 0 spiro atoms. The van der Waals surface area contributed by atoms with Gasteiger partial charge in [-0.05, 0) is 56.4 Å². The highest BCUT2D eigenvalue weighted by atomic mass is 32.2. The molecule has 1 amide bonds. The minimum Gasteiger partial charge on any atom is -0.337 e. The highest BCUT2D eigenvalue weighted by molar-refractivity contribution is 7.99. The van der Waals surface area contributed by atoms with Crippen molar-refractivity contribution in [3.8, 4) is 23.1 Å². The first-order chi connectivity index (χ1) is 14.6. The Morgan fingerprint density at radius 3 is 2.63 bits per heavy atom. The second-order valence-corrected chi connectivity index (χ2v) is 8.34. The standard InChI is InChI=1S/C22H22N6OS/c1-16-6-2-3-7-18(16)28-20(17-8-12-24-13-9-17)26-27-21(28)30-14-19(29)25-22(15-23)10-4-5-11-22/h2-3,6-9,12-13H,4-5,10-11,14H2,1H3,(H,25,29). The molecule has 0 aliphatic heterocycles. The summed E-state index contributed by atoms with van der Waals surface area (Å²) in [5.41, 5.74) is 2.21. The van der Waals surface area contributed by atoms with Crippen LogP contribution in [0.4, 0.5) is 0 Å². The number of nitrogens with one attached hydrogen (secondary N) is 1. The van der Waals surface area contributed by atoms with E-state index in [0.717, 1.165) is 29.7 Å². The Bertz CT molecular complexity index is 1080. The maximum absolute atomic E-state index is 12.6. The second-order valence-electron chi connectivity index (χ2n) is 7.40. The molecule has 1 saturated carbocycles. The van der Waals surface area contributed by atoms with Gasteiger partial charge in [0, 0.05) is 18.0 Å². The lowest BCUT2D eigenvalue weighted by Gasteiger charge is -2.21. The van der Waals surface area contributed by atoms with Crippen molar-refractivity contribution < 1.29 is 4.79 Å². The van der Waals surface area contributed by atoms with Gasteiger partial charge in [-0.25, -0.2) is 0 Å². The summed E-state index contributed by atoms with van der Waals surface area (Å²) in [6.07, 6.45) is 6.80. The van der Waals surface area contributed by atoms with Gasteiger partial charge >= 0.3 is 0 Å². The van der Waals surface area contributed by atoms with Gasteiger partial charge in [-0.15, -0.1) is 10.2 Å². The van der Waals surface area contributed by atoms with Gasteiger partial charge in [-0.1, -0.05) is 30.0 Å². The highest BCUT2D eigenvalue weighted by Gasteiger charge is 2.35.